The standard InChI is InChI=1S/C14H12Cl3N3O/c1-8-2-3-9(4-11(8)15)7-18-14(21)19-10-5-12(16)20-13(17)6-10/h2-6H,7H2,1H3,(H2,18,19,20,21). The summed E-state index contributed by atoms with van der Waals surface area (Å²) in [5, 5.41) is 6.44. The van der Waals surface area contributed by atoms with Gasteiger partial charge in [-0.1, -0.05) is 46.9 Å². The number of hydrogen-bond acceptors (Lipinski definition) is 2. The first-order valence-electron chi connectivity index (χ1n) is 6.07. The summed E-state index contributed by atoms with van der Waals surface area (Å²) in [4.78, 5) is 15.6. The second-order valence-corrected chi connectivity index (χ2v) is 5.57. The minimum absolute atomic E-state index is 0.211. The summed E-state index contributed by atoms with van der Waals surface area (Å²) in [6, 6.07) is 8.27. The summed E-state index contributed by atoms with van der Waals surface area (Å²) in [5.74, 6) is 0. The summed E-state index contributed by atoms with van der Waals surface area (Å²) >= 11 is 17.5. The summed E-state index contributed by atoms with van der Waals surface area (Å²) in [6.45, 7) is 2.28. The maximum absolute atomic E-state index is 11.8. The molecule has 2 rings (SSSR count). The molecule has 0 radical (unpaired) electrons. The van der Waals surface area contributed by atoms with Crippen molar-refractivity contribution in [1.29, 1.82) is 0 Å². The predicted molar refractivity (Wildman–Crippen MR) is 86.3 cm³/mol. The maximum atomic E-state index is 11.8. The lowest BCUT2D eigenvalue weighted by molar-refractivity contribution is 0.251. The highest BCUT2D eigenvalue weighted by Gasteiger charge is 2.05. The highest BCUT2D eigenvalue weighted by molar-refractivity contribution is 6.33. The van der Waals surface area contributed by atoms with Gasteiger partial charge in [-0.05, 0) is 36.2 Å². The highest BCUT2D eigenvalue weighted by Crippen LogP contribution is 2.19. The summed E-state index contributed by atoms with van der Waals surface area (Å²) in [5.41, 5.74) is 2.37. The van der Waals surface area contributed by atoms with Gasteiger partial charge >= 0.3 is 6.03 Å². The number of rotatable bonds is 3. The fourth-order valence-corrected chi connectivity index (χ4v) is 2.30. The molecule has 2 N–H and O–H groups in total. The largest absolute Gasteiger partial charge is 0.334 e. The molecule has 0 bridgehead atoms. The monoisotopic (exact) mass is 343 g/mol. The molecule has 0 spiro atoms. The molecule has 1 heterocycles. The average molecular weight is 345 g/mol. The van der Waals surface area contributed by atoms with Gasteiger partial charge in [-0.25, -0.2) is 9.78 Å². The van der Waals surface area contributed by atoms with E-state index in [1.54, 1.807) is 0 Å². The van der Waals surface area contributed by atoms with Gasteiger partial charge in [0, 0.05) is 17.3 Å². The number of aromatic nitrogens is 1. The first-order chi connectivity index (χ1) is 9.94. The summed E-state index contributed by atoms with van der Waals surface area (Å²) in [6.07, 6.45) is 0. The SMILES string of the molecule is Cc1ccc(CNC(=O)Nc2cc(Cl)nc(Cl)c2)cc1Cl. The number of benzene rings is 1. The lowest BCUT2D eigenvalue weighted by Gasteiger charge is -2.09. The molecule has 0 saturated heterocycles. The van der Waals surface area contributed by atoms with Gasteiger partial charge in [0.05, 0.1) is 0 Å². The average Bonchev–Trinajstić information content (AvgIpc) is 2.39. The Hall–Kier alpha value is -1.49. The third kappa shape index (κ3) is 4.77. The number of hydrogen-bond donors (Lipinski definition) is 2. The Morgan fingerprint density at radius 2 is 1.81 bits per heavy atom. The van der Waals surface area contributed by atoms with Crippen LogP contribution in [0.25, 0.3) is 0 Å². The van der Waals surface area contributed by atoms with E-state index in [-0.39, 0.29) is 16.3 Å². The third-order valence-electron chi connectivity index (χ3n) is 2.71. The minimum Gasteiger partial charge on any atom is -0.334 e. The first-order valence-corrected chi connectivity index (χ1v) is 7.20. The fraction of sp³-hybridized carbons (Fsp3) is 0.143. The molecular formula is C14H12Cl3N3O. The molecular weight excluding hydrogens is 333 g/mol. The topological polar surface area (TPSA) is 54.0 Å². The van der Waals surface area contributed by atoms with Gasteiger partial charge in [-0.3, -0.25) is 0 Å². The van der Waals surface area contributed by atoms with Crippen molar-refractivity contribution in [2.45, 2.75) is 13.5 Å². The van der Waals surface area contributed by atoms with Gasteiger partial charge in [-0.15, -0.1) is 0 Å². The van der Waals surface area contributed by atoms with Crippen molar-refractivity contribution in [3.8, 4) is 0 Å². The summed E-state index contributed by atoms with van der Waals surface area (Å²) < 4.78 is 0. The van der Waals surface area contributed by atoms with Crippen molar-refractivity contribution in [2.24, 2.45) is 0 Å². The number of carbonyl (C=O) groups is 1. The first kappa shape index (κ1) is 15.9. The van der Waals surface area contributed by atoms with Crippen LogP contribution < -0.4 is 10.6 Å². The molecule has 4 nitrogen and oxygen atoms in total. The van der Waals surface area contributed by atoms with Crippen molar-refractivity contribution in [3.63, 3.8) is 0 Å². The zero-order valence-corrected chi connectivity index (χ0v) is 13.4. The molecule has 2 aromatic rings. The molecule has 1 aromatic carbocycles. The van der Waals surface area contributed by atoms with E-state index < -0.39 is 0 Å². The lowest BCUT2D eigenvalue weighted by atomic mass is 10.1. The van der Waals surface area contributed by atoms with Crippen LogP contribution in [0.5, 0.6) is 0 Å². The van der Waals surface area contributed by atoms with Crippen LogP contribution in [0.2, 0.25) is 15.3 Å². The van der Waals surface area contributed by atoms with E-state index in [0.29, 0.717) is 17.3 Å². The van der Waals surface area contributed by atoms with Crippen LogP contribution in [-0.4, -0.2) is 11.0 Å². The second kappa shape index (κ2) is 6.98. The second-order valence-electron chi connectivity index (χ2n) is 4.39. The van der Waals surface area contributed by atoms with Crippen LogP contribution in [0.15, 0.2) is 30.3 Å². The summed E-state index contributed by atoms with van der Waals surface area (Å²) in [7, 11) is 0. The van der Waals surface area contributed by atoms with Crippen LogP contribution in [0.1, 0.15) is 11.1 Å². The van der Waals surface area contributed by atoms with Crippen LogP contribution >= 0.6 is 34.8 Å². The number of nitrogens with zero attached hydrogens (tertiary/aromatic N) is 1. The highest BCUT2D eigenvalue weighted by atomic mass is 35.5. The number of anilines is 1. The van der Waals surface area contributed by atoms with Gasteiger partial charge in [-0.2, -0.15) is 0 Å². The Labute approximate surface area is 137 Å². The van der Waals surface area contributed by atoms with Gasteiger partial charge in [0.15, 0.2) is 0 Å². The van der Waals surface area contributed by atoms with Crippen molar-refractivity contribution in [2.75, 3.05) is 5.32 Å². The molecule has 1 aromatic heterocycles. The number of halogens is 3. The van der Waals surface area contributed by atoms with E-state index >= 15 is 0 Å². The van der Waals surface area contributed by atoms with Gasteiger partial charge in [0.2, 0.25) is 0 Å². The number of urea groups is 1. The van der Waals surface area contributed by atoms with Gasteiger partial charge in [0.25, 0.3) is 0 Å². The molecule has 0 saturated carbocycles. The minimum atomic E-state index is -0.370. The van der Waals surface area contributed by atoms with E-state index in [1.807, 2.05) is 25.1 Å². The Kier molecular flexibility index (Phi) is 5.28. The number of nitrogens with one attached hydrogen (secondary N) is 2. The van der Waals surface area contributed by atoms with Crippen LogP contribution in [-0.2, 0) is 6.54 Å². The Morgan fingerprint density at radius 3 is 2.43 bits per heavy atom. The van der Waals surface area contributed by atoms with Crippen molar-refractivity contribution in [1.82, 2.24) is 10.3 Å². The smallest absolute Gasteiger partial charge is 0.319 e. The van der Waals surface area contributed by atoms with E-state index in [0.717, 1.165) is 11.1 Å². The van der Waals surface area contributed by atoms with Crippen molar-refractivity contribution < 1.29 is 4.79 Å². The molecule has 0 aliphatic carbocycles. The normalized spacial score (nSPS) is 10.3. The Balaban J connectivity index is 1.94. The number of aryl methyl sites for hydroxylation is 1. The van der Waals surface area contributed by atoms with E-state index in [1.165, 1.54) is 12.1 Å². The maximum Gasteiger partial charge on any atom is 0.319 e. The molecule has 0 fully saturated rings. The zero-order chi connectivity index (χ0) is 15.4. The third-order valence-corrected chi connectivity index (χ3v) is 3.50. The van der Waals surface area contributed by atoms with E-state index in [4.69, 9.17) is 34.8 Å². The van der Waals surface area contributed by atoms with Crippen molar-refractivity contribution in [3.05, 3.63) is 56.8 Å². The quantitative estimate of drug-likeness (QED) is 0.795. The zero-order valence-electron chi connectivity index (χ0n) is 11.1. The van der Waals surface area contributed by atoms with Gasteiger partial charge < -0.3 is 10.6 Å². The number of pyridine rings is 1. The molecule has 110 valence electrons. The molecule has 0 aliphatic rings. The molecule has 7 heteroatoms. The Morgan fingerprint density at radius 1 is 1.14 bits per heavy atom. The van der Waals surface area contributed by atoms with Crippen molar-refractivity contribution >= 4 is 46.5 Å². The predicted octanol–water partition coefficient (Wildman–Crippen LogP) is 4.67. The number of amides is 2. The van der Waals surface area contributed by atoms with E-state index in [9.17, 15) is 4.79 Å². The number of carbonyl (C=O) groups excluding carboxylic acids is 1. The van der Waals surface area contributed by atoms with Crippen LogP contribution in [0, 0.1) is 6.92 Å². The fourth-order valence-electron chi connectivity index (χ4n) is 1.64. The lowest BCUT2D eigenvalue weighted by Crippen LogP contribution is -2.28. The molecule has 0 unspecified atom stereocenters. The molecule has 2 amide bonds. The van der Waals surface area contributed by atoms with Crippen LogP contribution in [0.4, 0.5) is 10.5 Å². The van der Waals surface area contributed by atoms with Crippen LogP contribution in [0.3, 0.4) is 0 Å². The Bertz CT molecular complexity index is 656. The molecule has 21 heavy (non-hydrogen) atoms. The molecule has 0 atom stereocenters. The van der Waals surface area contributed by atoms with Gasteiger partial charge in [0.1, 0.15) is 10.3 Å². The van der Waals surface area contributed by atoms with E-state index in [2.05, 4.69) is 15.6 Å². The molecule has 0 aliphatic heterocycles.